The highest BCUT2D eigenvalue weighted by molar-refractivity contribution is 4.87. The second-order valence-corrected chi connectivity index (χ2v) is 9.09. The van der Waals surface area contributed by atoms with Crippen LogP contribution in [0.1, 0.15) is 54.4 Å². The molecule has 0 aromatic rings. The minimum absolute atomic E-state index is 0.322. The van der Waals surface area contributed by atoms with Crippen molar-refractivity contribution in [3.05, 3.63) is 0 Å². The van der Waals surface area contributed by atoms with E-state index in [1.54, 1.807) is 0 Å². The normalized spacial score (nSPS) is 24.6. The molecule has 0 aliphatic carbocycles. The maximum Gasteiger partial charge on any atom is 0.0597 e. The highest BCUT2D eigenvalue weighted by Crippen LogP contribution is 2.21. The molecule has 4 heteroatoms. The predicted molar refractivity (Wildman–Crippen MR) is 103 cm³/mol. The van der Waals surface area contributed by atoms with Crippen LogP contribution in [-0.4, -0.2) is 84.8 Å². The summed E-state index contributed by atoms with van der Waals surface area (Å²) in [5, 5.41) is 0. The monoisotopic (exact) mass is 339 g/mol. The molecule has 0 radical (unpaired) electrons. The van der Waals surface area contributed by atoms with Gasteiger partial charge in [0.25, 0.3) is 0 Å². The standard InChI is InChI=1S/C20H41N3O/c1-17(2)18(3)24-16-15-21-9-7-19(8-10-21)22-11-13-23(14-12-22)20(4,5)6/h17-19H,7-16H2,1-6H3/t18-/m0/s1. The summed E-state index contributed by atoms with van der Waals surface area (Å²) in [5.41, 5.74) is 0.322. The van der Waals surface area contributed by atoms with Gasteiger partial charge in [-0.2, -0.15) is 0 Å². The lowest BCUT2D eigenvalue weighted by molar-refractivity contribution is 0.00393. The average molecular weight is 340 g/mol. The Hall–Kier alpha value is -0.160. The maximum atomic E-state index is 5.94. The van der Waals surface area contributed by atoms with E-state index >= 15 is 0 Å². The molecule has 2 aliphatic heterocycles. The van der Waals surface area contributed by atoms with Crippen molar-refractivity contribution in [3.8, 4) is 0 Å². The van der Waals surface area contributed by atoms with Crippen LogP contribution in [-0.2, 0) is 4.74 Å². The van der Waals surface area contributed by atoms with E-state index in [0.717, 1.165) is 19.2 Å². The van der Waals surface area contributed by atoms with Crippen LogP contribution in [0.15, 0.2) is 0 Å². The first-order chi connectivity index (χ1) is 11.3. The van der Waals surface area contributed by atoms with Crippen LogP contribution in [0.5, 0.6) is 0 Å². The molecule has 4 nitrogen and oxygen atoms in total. The van der Waals surface area contributed by atoms with Gasteiger partial charge in [-0.05, 0) is 59.5 Å². The second kappa shape index (κ2) is 8.98. The molecule has 24 heavy (non-hydrogen) atoms. The van der Waals surface area contributed by atoms with Gasteiger partial charge in [-0.3, -0.25) is 9.80 Å². The summed E-state index contributed by atoms with van der Waals surface area (Å²) in [5.74, 6) is 0.613. The van der Waals surface area contributed by atoms with E-state index in [1.165, 1.54) is 52.1 Å². The Bertz CT molecular complexity index is 350. The number of hydrogen-bond donors (Lipinski definition) is 0. The number of nitrogens with zero attached hydrogens (tertiary/aromatic N) is 3. The number of piperazine rings is 1. The van der Waals surface area contributed by atoms with Gasteiger partial charge in [0.15, 0.2) is 0 Å². The molecule has 0 spiro atoms. The third-order valence-electron chi connectivity index (χ3n) is 6.06. The maximum absolute atomic E-state index is 5.94. The molecule has 2 rings (SSSR count). The van der Waals surface area contributed by atoms with Crippen molar-refractivity contribution in [2.45, 2.75) is 72.1 Å². The van der Waals surface area contributed by atoms with Crippen molar-refractivity contribution in [2.75, 3.05) is 52.4 Å². The van der Waals surface area contributed by atoms with Crippen LogP contribution >= 0.6 is 0 Å². The number of likely N-dealkylation sites (tertiary alicyclic amines) is 1. The molecule has 2 fully saturated rings. The van der Waals surface area contributed by atoms with E-state index in [1.807, 2.05) is 0 Å². The van der Waals surface area contributed by atoms with Gasteiger partial charge in [0.1, 0.15) is 0 Å². The third-order valence-corrected chi connectivity index (χ3v) is 6.06. The van der Waals surface area contributed by atoms with Crippen molar-refractivity contribution in [2.24, 2.45) is 5.92 Å². The van der Waals surface area contributed by atoms with Crippen molar-refractivity contribution < 1.29 is 4.74 Å². The first-order valence-electron chi connectivity index (χ1n) is 10.1. The summed E-state index contributed by atoms with van der Waals surface area (Å²) >= 11 is 0. The minimum Gasteiger partial charge on any atom is -0.377 e. The number of piperidine rings is 1. The van der Waals surface area contributed by atoms with Crippen LogP contribution in [0.25, 0.3) is 0 Å². The molecule has 0 saturated carbocycles. The molecule has 0 aromatic carbocycles. The van der Waals surface area contributed by atoms with Gasteiger partial charge < -0.3 is 9.64 Å². The van der Waals surface area contributed by atoms with E-state index in [2.05, 4.69) is 56.2 Å². The highest BCUT2D eigenvalue weighted by Gasteiger charge is 2.30. The second-order valence-electron chi connectivity index (χ2n) is 9.09. The fourth-order valence-corrected chi connectivity index (χ4v) is 3.83. The Morgan fingerprint density at radius 3 is 2.00 bits per heavy atom. The van der Waals surface area contributed by atoms with Gasteiger partial charge in [-0.15, -0.1) is 0 Å². The Morgan fingerprint density at radius 2 is 1.50 bits per heavy atom. The zero-order chi connectivity index (χ0) is 17.7. The SMILES string of the molecule is CC(C)[C@H](C)OCCN1CCC(N2CCN(C(C)(C)C)CC2)CC1. The van der Waals surface area contributed by atoms with Gasteiger partial charge in [0.2, 0.25) is 0 Å². The zero-order valence-electron chi connectivity index (χ0n) is 17.1. The summed E-state index contributed by atoms with van der Waals surface area (Å²) < 4.78 is 5.94. The Balaban J connectivity index is 1.63. The molecule has 0 bridgehead atoms. The quantitative estimate of drug-likeness (QED) is 0.740. The van der Waals surface area contributed by atoms with E-state index in [9.17, 15) is 0 Å². The molecule has 142 valence electrons. The van der Waals surface area contributed by atoms with Crippen molar-refractivity contribution in [1.82, 2.24) is 14.7 Å². The van der Waals surface area contributed by atoms with Crippen LogP contribution < -0.4 is 0 Å². The third kappa shape index (κ3) is 5.98. The lowest BCUT2D eigenvalue weighted by Crippen LogP contribution is -2.57. The number of rotatable bonds is 6. The summed E-state index contributed by atoms with van der Waals surface area (Å²) in [4.78, 5) is 7.97. The van der Waals surface area contributed by atoms with Gasteiger partial charge in [-0.25, -0.2) is 0 Å². The van der Waals surface area contributed by atoms with E-state index in [4.69, 9.17) is 4.74 Å². The fourth-order valence-electron chi connectivity index (χ4n) is 3.83. The largest absolute Gasteiger partial charge is 0.377 e. The predicted octanol–water partition coefficient (Wildman–Crippen LogP) is 2.93. The zero-order valence-corrected chi connectivity index (χ0v) is 17.1. The first-order valence-corrected chi connectivity index (χ1v) is 10.1. The lowest BCUT2D eigenvalue weighted by Gasteiger charge is -2.46. The Kier molecular flexibility index (Phi) is 7.54. The summed E-state index contributed by atoms with van der Waals surface area (Å²) in [6, 6.07) is 0.805. The van der Waals surface area contributed by atoms with E-state index in [0.29, 0.717) is 17.6 Å². The molecule has 0 unspecified atom stereocenters. The molecule has 1 atom stereocenters. The Morgan fingerprint density at radius 1 is 0.917 bits per heavy atom. The highest BCUT2D eigenvalue weighted by atomic mass is 16.5. The van der Waals surface area contributed by atoms with Crippen LogP contribution in [0, 0.1) is 5.92 Å². The molecule has 0 N–H and O–H groups in total. The van der Waals surface area contributed by atoms with Crippen LogP contribution in [0.3, 0.4) is 0 Å². The van der Waals surface area contributed by atoms with Gasteiger partial charge in [0.05, 0.1) is 12.7 Å². The summed E-state index contributed by atoms with van der Waals surface area (Å²) in [6.45, 7) is 23.1. The molecular weight excluding hydrogens is 298 g/mol. The molecule has 2 heterocycles. The number of hydrogen-bond acceptors (Lipinski definition) is 4. The van der Waals surface area contributed by atoms with Gasteiger partial charge in [-0.1, -0.05) is 13.8 Å². The fraction of sp³-hybridized carbons (Fsp3) is 1.00. The van der Waals surface area contributed by atoms with E-state index < -0.39 is 0 Å². The van der Waals surface area contributed by atoms with Gasteiger partial charge in [0, 0.05) is 44.3 Å². The smallest absolute Gasteiger partial charge is 0.0597 e. The van der Waals surface area contributed by atoms with Crippen molar-refractivity contribution in [3.63, 3.8) is 0 Å². The van der Waals surface area contributed by atoms with Crippen molar-refractivity contribution >= 4 is 0 Å². The lowest BCUT2D eigenvalue weighted by atomic mass is 10.0. The summed E-state index contributed by atoms with van der Waals surface area (Å²) in [7, 11) is 0. The molecule has 0 amide bonds. The molecule has 2 saturated heterocycles. The molecular formula is C20H41N3O. The van der Waals surface area contributed by atoms with Gasteiger partial charge >= 0.3 is 0 Å². The van der Waals surface area contributed by atoms with Crippen LogP contribution in [0.4, 0.5) is 0 Å². The van der Waals surface area contributed by atoms with Crippen molar-refractivity contribution in [1.29, 1.82) is 0 Å². The van der Waals surface area contributed by atoms with Crippen LogP contribution in [0.2, 0.25) is 0 Å². The number of ether oxygens (including phenoxy) is 1. The first kappa shape index (κ1) is 20.2. The average Bonchev–Trinajstić information content (AvgIpc) is 2.54. The Labute approximate surface area is 150 Å². The topological polar surface area (TPSA) is 19.0 Å². The molecule has 2 aliphatic rings. The summed E-state index contributed by atoms with van der Waals surface area (Å²) in [6.07, 6.45) is 3.03. The van der Waals surface area contributed by atoms with E-state index in [-0.39, 0.29) is 0 Å². The molecule has 0 aromatic heterocycles. The minimum atomic E-state index is 0.322.